The molecule has 0 radical (unpaired) electrons. The van der Waals surface area contributed by atoms with Gasteiger partial charge in [-0.05, 0) is 43.7 Å². The highest BCUT2D eigenvalue weighted by atomic mass is 16.5. The molecule has 0 saturated carbocycles. The molecular weight excluding hydrogens is 410 g/mol. The fourth-order valence-electron chi connectivity index (χ4n) is 3.31. The van der Waals surface area contributed by atoms with Crippen LogP contribution in [0.4, 0.5) is 0 Å². The zero-order chi connectivity index (χ0) is 23.1. The maximum absolute atomic E-state index is 12.9. The summed E-state index contributed by atoms with van der Waals surface area (Å²) < 4.78 is 21.1. The summed E-state index contributed by atoms with van der Waals surface area (Å²) in [6, 6.07) is 12.5. The Kier molecular flexibility index (Phi) is 7.44. The number of fused-ring (bicyclic) bond motifs is 1. The Morgan fingerprint density at radius 1 is 0.844 bits per heavy atom. The smallest absolute Gasteiger partial charge is 0.341 e. The second-order valence-corrected chi connectivity index (χ2v) is 6.65. The average Bonchev–Trinajstić information content (AvgIpc) is 2.81. The lowest BCUT2D eigenvalue weighted by molar-refractivity contribution is 0.0480. The standard InChI is InChI=1S/C25H25NO6/c1-5-31-24(27)22-17-9-7-8-10-18(17)26-19(23(22)25(28)32-6-2)13-11-16-12-14-20(29-3)21(15-16)30-4/h7-15H,5-6H2,1-4H3/b13-11+. The maximum atomic E-state index is 12.9. The number of benzene rings is 2. The van der Waals surface area contributed by atoms with Crippen LogP contribution in [0.5, 0.6) is 11.5 Å². The quantitative estimate of drug-likeness (QED) is 0.471. The molecule has 3 aromatic rings. The van der Waals surface area contributed by atoms with Gasteiger partial charge in [0.2, 0.25) is 0 Å². The number of esters is 2. The number of pyridine rings is 1. The van der Waals surface area contributed by atoms with Gasteiger partial charge in [0, 0.05) is 5.39 Å². The van der Waals surface area contributed by atoms with Crippen molar-refractivity contribution in [2.24, 2.45) is 0 Å². The number of carbonyl (C=O) groups excluding carboxylic acids is 2. The van der Waals surface area contributed by atoms with Crippen molar-refractivity contribution in [2.75, 3.05) is 27.4 Å². The van der Waals surface area contributed by atoms with Gasteiger partial charge in [0.05, 0.1) is 44.2 Å². The predicted octanol–water partition coefficient (Wildman–Crippen LogP) is 4.78. The number of nitrogens with zero attached hydrogens (tertiary/aromatic N) is 1. The summed E-state index contributed by atoms with van der Waals surface area (Å²) in [7, 11) is 3.12. The van der Waals surface area contributed by atoms with Crippen LogP contribution < -0.4 is 9.47 Å². The molecule has 32 heavy (non-hydrogen) atoms. The Labute approximate surface area is 186 Å². The van der Waals surface area contributed by atoms with Crippen LogP contribution in [0.3, 0.4) is 0 Å². The minimum Gasteiger partial charge on any atom is -0.493 e. The Morgan fingerprint density at radius 2 is 1.50 bits per heavy atom. The number of hydrogen-bond acceptors (Lipinski definition) is 7. The molecule has 0 fully saturated rings. The third-order valence-corrected chi connectivity index (χ3v) is 4.72. The zero-order valence-electron chi connectivity index (χ0n) is 18.5. The van der Waals surface area contributed by atoms with E-state index in [1.807, 2.05) is 12.1 Å². The molecule has 7 heteroatoms. The van der Waals surface area contributed by atoms with E-state index in [1.54, 1.807) is 70.6 Å². The van der Waals surface area contributed by atoms with Gasteiger partial charge >= 0.3 is 11.9 Å². The van der Waals surface area contributed by atoms with Crippen molar-refractivity contribution in [3.05, 3.63) is 64.8 Å². The fourth-order valence-corrected chi connectivity index (χ4v) is 3.31. The van der Waals surface area contributed by atoms with E-state index in [9.17, 15) is 9.59 Å². The number of methoxy groups -OCH3 is 2. The van der Waals surface area contributed by atoms with E-state index < -0.39 is 11.9 Å². The molecule has 0 unspecified atom stereocenters. The highest BCUT2D eigenvalue weighted by molar-refractivity contribution is 6.13. The van der Waals surface area contributed by atoms with E-state index in [1.165, 1.54) is 0 Å². The van der Waals surface area contributed by atoms with Crippen LogP contribution in [0.25, 0.3) is 23.1 Å². The lowest BCUT2D eigenvalue weighted by Crippen LogP contribution is -2.17. The van der Waals surface area contributed by atoms with E-state index in [0.717, 1.165) is 5.56 Å². The molecule has 1 aromatic heterocycles. The van der Waals surface area contributed by atoms with Gasteiger partial charge in [-0.1, -0.05) is 30.3 Å². The van der Waals surface area contributed by atoms with Gasteiger partial charge in [-0.25, -0.2) is 14.6 Å². The maximum Gasteiger partial charge on any atom is 0.341 e. The van der Waals surface area contributed by atoms with Crippen LogP contribution in [0.2, 0.25) is 0 Å². The molecule has 0 aliphatic carbocycles. The number of rotatable bonds is 8. The first-order chi connectivity index (χ1) is 15.5. The van der Waals surface area contributed by atoms with Crippen LogP contribution in [0, 0.1) is 0 Å². The highest BCUT2D eigenvalue weighted by Gasteiger charge is 2.26. The largest absolute Gasteiger partial charge is 0.493 e. The van der Waals surface area contributed by atoms with E-state index in [0.29, 0.717) is 28.1 Å². The van der Waals surface area contributed by atoms with Crippen LogP contribution in [-0.4, -0.2) is 44.4 Å². The highest BCUT2D eigenvalue weighted by Crippen LogP contribution is 2.30. The molecule has 166 valence electrons. The van der Waals surface area contributed by atoms with Crippen molar-refractivity contribution in [2.45, 2.75) is 13.8 Å². The van der Waals surface area contributed by atoms with E-state index in [4.69, 9.17) is 18.9 Å². The third kappa shape index (κ3) is 4.72. The van der Waals surface area contributed by atoms with Gasteiger partial charge in [0.15, 0.2) is 11.5 Å². The van der Waals surface area contributed by atoms with Crippen LogP contribution >= 0.6 is 0 Å². The second kappa shape index (κ2) is 10.4. The molecule has 0 aliphatic rings. The molecule has 2 aromatic carbocycles. The van der Waals surface area contributed by atoms with Crippen molar-refractivity contribution in [3.8, 4) is 11.5 Å². The third-order valence-electron chi connectivity index (χ3n) is 4.72. The van der Waals surface area contributed by atoms with Crippen molar-refractivity contribution in [3.63, 3.8) is 0 Å². The average molecular weight is 435 g/mol. The van der Waals surface area contributed by atoms with Gasteiger partial charge in [-0.3, -0.25) is 0 Å². The molecular formula is C25H25NO6. The first-order valence-electron chi connectivity index (χ1n) is 10.2. The summed E-state index contributed by atoms with van der Waals surface area (Å²) >= 11 is 0. The van der Waals surface area contributed by atoms with Gasteiger partial charge in [0.25, 0.3) is 0 Å². The van der Waals surface area contributed by atoms with Crippen molar-refractivity contribution < 1.29 is 28.5 Å². The Balaban J connectivity index is 2.21. The number of ether oxygens (including phenoxy) is 4. The number of carbonyl (C=O) groups is 2. The van der Waals surface area contributed by atoms with Crippen molar-refractivity contribution in [1.82, 2.24) is 4.98 Å². The number of hydrogen-bond donors (Lipinski definition) is 0. The molecule has 0 amide bonds. The molecule has 0 bridgehead atoms. The molecule has 0 N–H and O–H groups in total. The summed E-state index contributed by atoms with van der Waals surface area (Å²) in [6.07, 6.45) is 3.44. The Bertz CT molecular complexity index is 1170. The second-order valence-electron chi connectivity index (χ2n) is 6.65. The van der Waals surface area contributed by atoms with Gasteiger partial charge in [-0.2, -0.15) is 0 Å². The Hall–Kier alpha value is -3.87. The van der Waals surface area contributed by atoms with Crippen molar-refractivity contribution >= 4 is 35.0 Å². The minimum absolute atomic E-state index is 0.0701. The molecule has 7 nitrogen and oxygen atoms in total. The van der Waals surface area contributed by atoms with Gasteiger partial charge in [0.1, 0.15) is 5.56 Å². The normalized spacial score (nSPS) is 10.9. The van der Waals surface area contributed by atoms with E-state index in [-0.39, 0.29) is 24.3 Å². The SMILES string of the molecule is CCOC(=O)c1c(/C=C/c2ccc(OC)c(OC)c2)nc2ccccc2c1C(=O)OCC. The summed E-state index contributed by atoms with van der Waals surface area (Å²) in [4.78, 5) is 30.4. The first-order valence-corrected chi connectivity index (χ1v) is 10.2. The topological polar surface area (TPSA) is 84.0 Å². The molecule has 1 heterocycles. The number of para-hydroxylation sites is 1. The summed E-state index contributed by atoms with van der Waals surface area (Å²) in [6.45, 7) is 3.75. The Morgan fingerprint density at radius 3 is 2.16 bits per heavy atom. The first kappa shape index (κ1) is 22.8. The lowest BCUT2D eigenvalue weighted by Gasteiger charge is -2.14. The zero-order valence-corrected chi connectivity index (χ0v) is 18.5. The summed E-state index contributed by atoms with van der Waals surface area (Å²) in [5.41, 5.74) is 1.88. The van der Waals surface area contributed by atoms with Crippen molar-refractivity contribution in [1.29, 1.82) is 0 Å². The fraction of sp³-hybridized carbons (Fsp3) is 0.240. The van der Waals surface area contributed by atoms with E-state index in [2.05, 4.69) is 4.98 Å². The molecule has 0 aliphatic heterocycles. The molecule has 0 saturated heterocycles. The molecule has 0 spiro atoms. The van der Waals surface area contributed by atoms with Crippen LogP contribution in [0.15, 0.2) is 42.5 Å². The molecule has 0 atom stereocenters. The minimum atomic E-state index is -0.638. The van der Waals surface area contributed by atoms with Gasteiger partial charge < -0.3 is 18.9 Å². The summed E-state index contributed by atoms with van der Waals surface area (Å²) in [5, 5.41) is 0.525. The van der Waals surface area contributed by atoms with Crippen LogP contribution in [0.1, 0.15) is 45.8 Å². The van der Waals surface area contributed by atoms with Gasteiger partial charge in [-0.15, -0.1) is 0 Å². The predicted molar refractivity (Wildman–Crippen MR) is 122 cm³/mol. The van der Waals surface area contributed by atoms with Crippen LogP contribution in [-0.2, 0) is 9.47 Å². The number of aromatic nitrogens is 1. The summed E-state index contributed by atoms with van der Waals surface area (Å²) in [5.74, 6) is -0.0695. The molecule has 3 rings (SSSR count). The van der Waals surface area contributed by atoms with E-state index >= 15 is 0 Å². The lowest BCUT2D eigenvalue weighted by atomic mass is 9.99. The monoisotopic (exact) mass is 435 g/mol.